The summed E-state index contributed by atoms with van der Waals surface area (Å²) in [6.07, 6.45) is -0.393. The zero-order valence-corrected chi connectivity index (χ0v) is 57.5. The summed E-state index contributed by atoms with van der Waals surface area (Å²) in [5.41, 5.74) is 4.07. The van der Waals surface area contributed by atoms with E-state index in [9.17, 15) is 59.1 Å². The standard InChI is InChI=1S/C71H83N9O20S/c1-41-47(45-13-15-53(75-57(45)63(88)89)78-21-18-44-48(32-78)46(12-14-50(44)94-5)62(87)76-66-74-49-8-6-7-9-52(49)101-66)31-73-80(41)40-70-35-68(2)34-69(3,36-70)38-71(37-68,39-70)98-27-24-77(23-26-93-4)67(92)97-33-42-10-11-43(99-65-60(86)58(84)59(85)61(100-65)64(90)91)30-51(42)96-29-28-95-25-20-72-54(81)19-22-79-55(82)16-17-56(79)83/h6-17,30-31,58-61,65,84-86H,18-29,32-40H2,1-5H3,(H,72,81)(H,88,89)(H,90,91)(H,74,76,87)/t58-,59-,60+,61-,65+,68?,69?,70?,71?/m0/s1. The second-order valence-electron chi connectivity index (χ2n) is 27.6. The van der Waals surface area contributed by atoms with Gasteiger partial charge in [-0.1, -0.05) is 37.3 Å². The van der Waals surface area contributed by atoms with Crippen molar-refractivity contribution in [3.05, 3.63) is 119 Å². The molecule has 4 aliphatic carbocycles. The third kappa shape index (κ3) is 15.7. The summed E-state index contributed by atoms with van der Waals surface area (Å²) in [6.45, 7) is 8.35. The number of hydrogen-bond acceptors (Lipinski definition) is 23. The minimum absolute atomic E-state index is 0.00487. The molecule has 7 aliphatic rings. The van der Waals surface area contributed by atoms with Gasteiger partial charge in [-0.15, -0.1) is 0 Å². The first-order chi connectivity index (χ1) is 48.4. The number of ether oxygens (including phenoxy) is 8. The van der Waals surface area contributed by atoms with Crippen LogP contribution in [-0.2, 0) is 69.0 Å². The number of benzene rings is 3. The average molecular weight is 1410 g/mol. The van der Waals surface area contributed by atoms with Gasteiger partial charge in [0, 0.05) is 111 Å². The number of thiazole rings is 1. The van der Waals surface area contributed by atoms with E-state index in [1.165, 1.54) is 41.5 Å². The SMILES string of the molecule is COCCN(CCOC12CC3(C)CC(C)(CC(Cn4ncc(-c5ccc(N6CCc7c(OC)ccc(C(=O)Nc8nc9ccccc9s8)c7C6)nc5C(=O)O)c4C)(C3)C1)C2)C(=O)OCc1ccc(O[C@@H]2O[C@H](C(=O)O)[C@@H](O)[C@H](O)[C@H]2O)cc1OCCOCCNC(=O)CCN1C(=O)C=CC1=O. The van der Waals surface area contributed by atoms with Crippen LogP contribution >= 0.6 is 11.3 Å². The van der Waals surface area contributed by atoms with Crippen molar-refractivity contribution >= 4 is 74.2 Å². The second kappa shape index (κ2) is 29.8. The van der Waals surface area contributed by atoms with E-state index < -0.39 is 72.1 Å². The lowest BCUT2D eigenvalue weighted by molar-refractivity contribution is -0.271. The van der Waals surface area contributed by atoms with Gasteiger partial charge >= 0.3 is 18.0 Å². The third-order valence-electron chi connectivity index (χ3n) is 19.9. The summed E-state index contributed by atoms with van der Waals surface area (Å²) in [4.78, 5) is 103. The van der Waals surface area contributed by atoms with E-state index in [1.807, 2.05) is 46.8 Å². The quantitative estimate of drug-likeness (QED) is 0.0204. The van der Waals surface area contributed by atoms with Crippen LogP contribution < -0.4 is 29.7 Å². The zero-order valence-electron chi connectivity index (χ0n) is 56.7. The van der Waals surface area contributed by atoms with Gasteiger partial charge in [-0.3, -0.25) is 34.1 Å². The number of rotatable bonds is 30. The summed E-state index contributed by atoms with van der Waals surface area (Å²) in [6, 6.07) is 19.1. The molecule has 5 amide bonds. The molecule has 4 bridgehead atoms. The number of aliphatic hydroxyl groups excluding tert-OH is 3. The van der Waals surface area contributed by atoms with Crippen molar-refractivity contribution < 1.29 is 97.0 Å². The third-order valence-corrected chi connectivity index (χ3v) is 20.8. The Morgan fingerprint density at radius 2 is 1.56 bits per heavy atom. The van der Waals surface area contributed by atoms with Crippen molar-refractivity contribution in [2.75, 3.05) is 90.2 Å². The lowest BCUT2D eigenvalue weighted by Crippen LogP contribution is -2.64. The number of fused-ring (bicyclic) bond motifs is 2. The molecule has 0 spiro atoms. The number of carbonyl (C=O) groups is 7. The van der Waals surface area contributed by atoms with Crippen LogP contribution in [0.4, 0.5) is 15.7 Å². The maximum atomic E-state index is 14.2. The summed E-state index contributed by atoms with van der Waals surface area (Å²) in [5, 5.41) is 63.0. The normalized spacial score (nSPS) is 24.9. The van der Waals surface area contributed by atoms with Crippen LogP contribution in [0.1, 0.15) is 102 Å². The number of aromatic nitrogens is 4. The lowest BCUT2D eigenvalue weighted by Gasteiger charge is -2.69. The molecule has 101 heavy (non-hydrogen) atoms. The number of aliphatic hydroxyl groups is 3. The summed E-state index contributed by atoms with van der Waals surface area (Å²) in [7, 11) is 3.12. The average Bonchev–Trinajstić information content (AvgIpc) is 1.47. The van der Waals surface area contributed by atoms with Gasteiger partial charge in [-0.25, -0.2) is 24.4 Å². The Labute approximate surface area is 585 Å². The number of amides is 5. The van der Waals surface area contributed by atoms with Gasteiger partial charge < -0.3 is 78.5 Å². The van der Waals surface area contributed by atoms with Gasteiger partial charge in [0.15, 0.2) is 16.9 Å². The fourth-order valence-electron chi connectivity index (χ4n) is 16.4. The number of carboxylic acid groups (broad SMARTS) is 2. The van der Waals surface area contributed by atoms with Gasteiger partial charge in [0.05, 0.1) is 55.6 Å². The molecule has 4 saturated carbocycles. The van der Waals surface area contributed by atoms with Gasteiger partial charge in [0.1, 0.15) is 54.6 Å². The summed E-state index contributed by atoms with van der Waals surface area (Å²) < 4.78 is 50.1. The molecule has 29 nitrogen and oxygen atoms in total. The Bertz CT molecular complexity index is 4110. The van der Waals surface area contributed by atoms with Crippen LogP contribution in [0.15, 0.2) is 85.1 Å². The molecule has 6 heterocycles. The molecule has 7 atom stereocenters. The van der Waals surface area contributed by atoms with Gasteiger partial charge in [-0.2, -0.15) is 5.10 Å². The minimum atomic E-state index is -1.95. The van der Waals surface area contributed by atoms with E-state index in [0.29, 0.717) is 58.5 Å². The Morgan fingerprint density at radius 3 is 2.30 bits per heavy atom. The summed E-state index contributed by atoms with van der Waals surface area (Å²) in [5.74, 6) is -3.27. The van der Waals surface area contributed by atoms with Crippen molar-refractivity contribution in [3.63, 3.8) is 0 Å². The monoisotopic (exact) mass is 1410 g/mol. The largest absolute Gasteiger partial charge is 0.496 e. The van der Waals surface area contributed by atoms with Crippen LogP contribution in [0.3, 0.4) is 0 Å². The predicted molar refractivity (Wildman–Crippen MR) is 362 cm³/mol. The van der Waals surface area contributed by atoms with Crippen LogP contribution in [0, 0.1) is 23.2 Å². The van der Waals surface area contributed by atoms with E-state index >= 15 is 0 Å². The Balaban J connectivity index is 0.691. The molecule has 5 fully saturated rings. The topological polar surface area (TPSA) is 372 Å². The number of anilines is 2. The van der Waals surface area contributed by atoms with Crippen LogP contribution in [0.5, 0.6) is 17.2 Å². The number of aromatic carboxylic acids is 1. The smallest absolute Gasteiger partial charge is 0.410 e. The van der Waals surface area contributed by atoms with E-state index in [4.69, 9.17) is 48.0 Å². The van der Waals surface area contributed by atoms with Crippen LogP contribution in [-0.4, -0.2) is 213 Å². The number of methoxy groups -OCH3 is 2. The summed E-state index contributed by atoms with van der Waals surface area (Å²) >= 11 is 1.39. The van der Waals surface area contributed by atoms with E-state index in [1.54, 1.807) is 31.5 Å². The van der Waals surface area contributed by atoms with E-state index in [0.717, 1.165) is 82.6 Å². The van der Waals surface area contributed by atoms with Crippen molar-refractivity contribution in [1.29, 1.82) is 0 Å². The molecule has 0 radical (unpaired) electrons. The number of imide groups is 1. The number of nitrogens with one attached hydrogen (secondary N) is 2. The van der Waals surface area contributed by atoms with Gasteiger partial charge in [0.2, 0.25) is 12.2 Å². The Hall–Kier alpha value is -9.14. The first-order valence-corrected chi connectivity index (χ1v) is 34.3. The molecule has 13 rings (SSSR count). The van der Waals surface area contributed by atoms with E-state index in [-0.39, 0.29) is 118 Å². The Morgan fingerprint density at radius 1 is 0.802 bits per heavy atom. The molecular weight excluding hydrogens is 1330 g/mol. The number of pyridine rings is 1. The number of nitrogens with zero attached hydrogens (tertiary/aromatic N) is 7. The van der Waals surface area contributed by atoms with Crippen molar-refractivity contribution in [2.45, 2.75) is 128 Å². The first-order valence-electron chi connectivity index (χ1n) is 33.5. The highest BCUT2D eigenvalue weighted by Gasteiger charge is 2.66. The van der Waals surface area contributed by atoms with Gasteiger partial charge in [-0.05, 0) is 122 Å². The molecule has 2 unspecified atom stereocenters. The highest BCUT2D eigenvalue weighted by atomic mass is 32.1. The fourth-order valence-corrected chi connectivity index (χ4v) is 17.3. The van der Waals surface area contributed by atoms with Crippen LogP contribution in [0.25, 0.3) is 21.3 Å². The van der Waals surface area contributed by atoms with Gasteiger partial charge in [0.25, 0.3) is 17.7 Å². The maximum Gasteiger partial charge on any atom is 0.410 e. The number of hydrogen-bond donors (Lipinski definition) is 7. The zero-order chi connectivity index (χ0) is 71.5. The lowest BCUT2D eigenvalue weighted by atomic mass is 9.39. The molecule has 3 aromatic carbocycles. The number of aliphatic carboxylic acids is 1. The molecule has 3 aliphatic heterocycles. The van der Waals surface area contributed by atoms with Crippen molar-refractivity contribution in [2.24, 2.45) is 16.2 Å². The predicted octanol–water partition coefficient (Wildman–Crippen LogP) is 5.90. The van der Waals surface area contributed by atoms with E-state index in [2.05, 4.69) is 29.5 Å². The minimum Gasteiger partial charge on any atom is -0.496 e. The highest BCUT2D eigenvalue weighted by Crippen LogP contribution is 2.72. The maximum absolute atomic E-state index is 14.2. The number of carboxylic acids is 2. The van der Waals surface area contributed by atoms with Crippen molar-refractivity contribution in [1.82, 2.24) is 34.9 Å². The molecule has 538 valence electrons. The fraction of sp³-hybridized carbons (Fsp3) is 0.493. The molecule has 1 saturated heterocycles. The molecule has 6 aromatic rings. The second-order valence-corrected chi connectivity index (χ2v) is 28.7. The number of para-hydroxylation sites is 1. The highest BCUT2D eigenvalue weighted by molar-refractivity contribution is 7.22. The van der Waals surface area contributed by atoms with Crippen molar-refractivity contribution in [3.8, 4) is 28.4 Å². The first kappa shape index (κ1) is 71.7. The molecule has 7 N–H and O–H groups in total. The molecular formula is C71H83N9O20S. The molecule has 3 aromatic heterocycles. The molecule has 30 heteroatoms. The van der Waals surface area contributed by atoms with Crippen LogP contribution in [0.2, 0.25) is 0 Å². The number of carbonyl (C=O) groups excluding carboxylic acids is 5. The Kier molecular flexibility index (Phi) is 21.2.